The number of hydrogen-bond acceptors (Lipinski definition) is 5. The molecule has 0 aromatic rings. The van der Waals surface area contributed by atoms with Crippen molar-refractivity contribution in [3.8, 4) is 6.07 Å². The number of piperidine rings is 1. The molecular formula is C14H26N4O3S. The van der Waals surface area contributed by atoms with Crippen LogP contribution in [0.4, 0.5) is 0 Å². The average molecular weight is 330 g/mol. The van der Waals surface area contributed by atoms with Crippen molar-refractivity contribution in [2.24, 2.45) is 5.92 Å². The van der Waals surface area contributed by atoms with E-state index in [9.17, 15) is 18.5 Å². The molecule has 0 aliphatic carbocycles. The first-order valence-corrected chi connectivity index (χ1v) is 9.37. The summed E-state index contributed by atoms with van der Waals surface area (Å²) in [6, 6.07) is 1.98. The minimum Gasteiger partial charge on any atom is -0.337 e. The number of rotatable bonds is 6. The molecule has 2 N–H and O–H groups in total. The molecule has 126 valence electrons. The van der Waals surface area contributed by atoms with Crippen LogP contribution in [0.1, 0.15) is 33.6 Å². The van der Waals surface area contributed by atoms with E-state index < -0.39 is 15.6 Å². The Labute approximate surface area is 133 Å². The molecule has 0 unspecified atom stereocenters. The summed E-state index contributed by atoms with van der Waals surface area (Å²) < 4.78 is 25.2. The summed E-state index contributed by atoms with van der Waals surface area (Å²) in [5.74, 6) is -0.208. The lowest BCUT2D eigenvalue weighted by atomic mass is 9.90. The number of hydrogen-bond donors (Lipinski definition) is 2. The van der Waals surface area contributed by atoms with Crippen LogP contribution >= 0.6 is 0 Å². The third kappa shape index (κ3) is 5.91. The monoisotopic (exact) mass is 330 g/mol. The van der Waals surface area contributed by atoms with E-state index in [-0.39, 0.29) is 24.4 Å². The zero-order valence-electron chi connectivity index (χ0n) is 13.7. The van der Waals surface area contributed by atoms with Crippen LogP contribution in [-0.2, 0) is 14.8 Å². The zero-order valence-corrected chi connectivity index (χ0v) is 14.5. The van der Waals surface area contributed by atoms with E-state index in [1.54, 1.807) is 6.92 Å². The van der Waals surface area contributed by atoms with Gasteiger partial charge in [0.15, 0.2) is 0 Å². The predicted octanol–water partition coefficient (Wildman–Crippen LogP) is 0.0545. The smallest absolute Gasteiger partial charge is 0.235 e. The normalized spacial score (nSPS) is 22.8. The Morgan fingerprint density at radius 3 is 2.64 bits per heavy atom. The Balaban J connectivity index is 2.56. The number of carbonyl (C=O) groups is 1. The second-order valence-electron chi connectivity index (χ2n) is 6.48. The Kier molecular flexibility index (Phi) is 6.35. The fraction of sp³-hybridized carbons (Fsp3) is 0.857. The van der Waals surface area contributed by atoms with Gasteiger partial charge in [-0.25, -0.2) is 13.1 Å². The highest BCUT2D eigenvalue weighted by molar-refractivity contribution is 7.88. The van der Waals surface area contributed by atoms with E-state index >= 15 is 0 Å². The quantitative estimate of drug-likeness (QED) is 0.717. The van der Waals surface area contributed by atoms with Gasteiger partial charge in [0.2, 0.25) is 15.9 Å². The summed E-state index contributed by atoms with van der Waals surface area (Å²) in [7, 11) is -3.24. The molecule has 22 heavy (non-hydrogen) atoms. The van der Waals surface area contributed by atoms with Crippen molar-refractivity contribution in [3.05, 3.63) is 0 Å². The lowest BCUT2D eigenvalue weighted by molar-refractivity contribution is -0.124. The number of sulfonamides is 1. The molecule has 1 saturated heterocycles. The van der Waals surface area contributed by atoms with Gasteiger partial charge in [0, 0.05) is 12.6 Å². The molecule has 0 aromatic heterocycles. The van der Waals surface area contributed by atoms with Crippen LogP contribution in [-0.4, -0.2) is 56.7 Å². The molecule has 0 spiro atoms. The van der Waals surface area contributed by atoms with Gasteiger partial charge in [0.1, 0.15) is 5.54 Å². The summed E-state index contributed by atoms with van der Waals surface area (Å²) in [5.41, 5.74) is -0.892. The fourth-order valence-corrected chi connectivity index (χ4v) is 3.23. The van der Waals surface area contributed by atoms with Crippen molar-refractivity contribution in [1.29, 1.82) is 5.26 Å². The minimum absolute atomic E-state index is 0.00227. The topological polar surface area (TPSA) is 102 Å². The van der Waals surface area contributed by atoms with Crippen molar-refractivity contribution in [3.63, 3.8) is 0 Å². The van der Waals surface area contributed by atoms with Crippen LogP contribution in [0.3, 0.4) is 0 Å². The molecule has 7 nitrogen and oxygen atoms in total. The molecule has 0 saturated carbocycles. The van der Waals surface area contributed by atoms with Crippen LogP contribution in [0.25, 0.3) is 0 Å². The molecule has 2 atom stereocenters. The van der Waals surface area contributed by atoms with E-state index in [1.165, 1.54) is 0 Å². The van der Waals surface area contributed by atoms with Crippen LogP contribution in [0.2, 0.25) is 0 Å². The minimum atomic E-state index is -3.24. The number of nitrogens with zero attached hydrogens (tertiary/aromatic N) is 2. The van der Waals surface area contributed by atoms with Crippen molar-refractivity contribution in [1.82, 2.24) is 14.9 Å². The Bertz CT molecular complexity index is 541. The van der Waals surface area contributed by atoms with E-state index in [2.05, 4.69) is 16.1 Å². The number of nitrogens with one attached hydrogen (secondary N) is 2. The maximum Gasteiger partial charge on any atom is 0.235 e. The Morgan fingerprint density at radius 1 is 1.50 bits per heavy atom. The van der Waals surface area contributed by atoms with Gasteiger partial charge in [-0.15, -0.1) is 0 Å². The molecule has 0 bridgehead atoms. The molecular weight excluding hydrogens is 304 g/mol. The summed E-state index contributed by atoms with van der Waals surface area (Å²) >= 11 is 0. The first-order chi connectivity index (χ1) is 10.1. The number of carbonyl (C=O) groups excluding carboxylic acids is 1. The highest BCUT2D eigenvalue weighted by atomic mass is 32.2. The predicted molar refractivity (Wildman–Crippen MR) is 84.4 cm³/mol. The van der Waals surface area contributed by atoms with Crippen molar-refractivity contribution in [2.75, 3.05) is 25.9 Å². The highest BCUT2D eigenvalue weighted by Gasteiger charge is 2.31. The third-order valence-electron chi connectivity index (χ3n) is 4.04. The summed E-state index contributed by atoms with van der Waals surface area (Å²) in [5, 5.41) is 12.0. The molecule has 1 aliphatic rings. The van der Waals surface area contributed by atoms with Crippen molar-refractivity contribution >= 4 is 15.9 Å². The van der Waals surface area contributed by atoms with Crippen molar-refractivity contribution in [2.45, 2.75) is 45.2 Å². The number of nitriles is 1. The molecule has 1 amide bonds. The number of likely N-dealkylation sites (tertiary alicyclic amines) is 1. The van der Waals surface area contributed by atoms with Gasteiger partial charge in [-0.1, -0.05) is 13.8 Å². The van der Waals surface area contributed by atoms with Crippen LogP contribution in [0, 0.1) is 17.2 Å². The van der Waals surface area contributed by atoms with E-state index in [0.29, 0.717) is 6.54 Å². The van der Waals surface area contributed by atoms with Gasteiger partial charge in [-0.2, -0.15) is 5.26 Å². The lowest BCUT2D eigenvalue weighted by Gasteiger charge is -2.33. The first-order valence-electron chi connectivity index (χ1n) is 7.47. The molecule has 1 aliphatic heterocycles. The number of amides is 1. The standard InChI is InChI=1S/C14H26N4O3S/c1-11(2)14(3,10-15)16-13(19)9-18-7-5-6-12(8-18)17-22(4,20)21/h11-12,17H,5-9H2,1-4H3,(H,16,19)/t12-,14-/m0/s1. The average Bonchev–Trinajstić information content (AvgIpc) is 2.36. The van der Waals surface area contributed by atoms with Crippen LogP contribution < -0.4 is 10.0 Å². The molecule has 1 fully saturated rings. The van der Waals surface area contributed by atoms with E-state index in [4.69, 9.17) is 0 Å². The molecule has 1 rings (SSSR count). The third-order valence-corrected chi connectivity index (χ3v) is 4.80. The highest BCUT2D eigenvalue weighted by Crippen LogP contribution is 2.15. The van der Waals surface area contributed by atoms with Crippen LogP contribution in [0.15, 0.2) is 0 Å². The fourth-order valence-electron chi connectivity index (χ4n) is 2.43. The van der Waals surface area contributed by atoms with Gasteiger partial charge in [0.25, 0.3) is 0 Å². The molecule has 0 aromatic carbocycles. The maximum atomic E-state index is 12.1. The Hall–Kier alpha value is -1.17. The Morgan fingerprint density at radius 2 is 2.14 bits per heavy atom. The van der Waals surface area contributed by atoms with Crippen molar-refractivity contribution < 1.29 is 13.2 Å². The van der Waals surface area contributed by atoms with Gasteiger partial charge >= 0.3 is 0 Å². The zero-order chi connectivity index (χ0) is 17.0. The van der Waals surface area contributed by atoms with Gasteiger partial charge < -0.3 is 5.32 Å². The largest absolute Gasteiger partial charge is 0.337 e. The first kappa shape index (κ1) is 18.9. The van der Waals surface area contributed by atoms with Crippen LogP contribution in [0.5, 0.6) is 0 Å². The van der Waals surface area contributed by atoms with E-state index in [1.807, 2.05) is 18.7 Å². The van der Waals surface area contributed by atoms with Gasteiger partial charge in [-0.3, -0.25) is 9.69 Å². The molecule has 8 heteroatoms. The maximum absolute atomic E-state index is 12.1. The summed E-state index contributed by atoms with van der Waals surface area (Å²) in [4.78, 5) is 14.1. The molecule has 1 heterocycles. The second-order valence-corrected chi connectivity index (χ2v) is 8.26. The lowest BCUT2D eigenvalue weighted by Crippen LogP contribution is -2.54. The van der Waals surface area contributed by atoms with E-state index in [0.717, 1.165) is 25.6 Å². The second kappa shape index (κ2) is 7.40. The SMILES string of the molecule is CC(C)[C@](C)(C#N)NC(=O)CN1CCC[C@H](NS(C)(=O)=O)C1. The summed E-state index contributed by atoms with van der Waals surface area (Å²) in [6.07, 6.45) is 2.74. The summed E-state index contributed by atoms with van der Waals surface area (Å²) in [6.45, 7) is 6.91. The van der Waals surface area contributed by atoms with Gasteiger partial charge in [-0.05, 0) is 32.2 Å². The molecule has 0 radical (unpaired) electrons. The van der Waals surface area contributed by atoms with Gasteiger partial charge in [0.05, 0.1) is 18.9 Å².